The van der Waals surface area contributed by atoms with Crippen LogP contribution in [-0.2, 0) is 6.54 Å². The van der Waals surface area contributed by atoms with Crippen molar-refractivity contribution in [1.82, 2.24) is 14.5 Å². The summed E-state index contributed by atoms with van der Waals surface area (Å²) >= 11 is 3.35. The molecule has 18 heavy (non-hydrogen) atoms. The SMILES string of the molecule is O=c1oc2cccnc2n1Cc1cncc(Br)c1. The molecule has 0 aromatic carbocycles. The van der Waals surface area contributed by atoms with Crippen molar-refractivity contribution in [2.45, 2.75) is 6.54 Å². The lowest BCUT2D eigenvalue weighted by molar-refractivity contribution is 0.517. The molecule has 0 aliphatic carbocycles. The third-order valence-corrected chi connectivity index (χ3v) is 2.96. The highest BCUT2D eigenvalue weighted by atomic mass is 79.9. The molecule has 3 rings (SSSR count). The second-order valence-corrected chi connectivity index (χ2v) is 4.71. The summed E-state index contributed by atoms with van der Waals surface area (Å²) in [6.07, 6.45) is 5.03. The second kappa shape index (κ2) is 4.38. The lowest BCUT2D eigenvalue weighted by Crippen LogP contribution is -2.15. The first-order valence-corrected chi connectivity index (χ1v) is 6.07. The molecule has 0 saturated heterocycles. The fourth-order valence-corrected chi connectivity index (χ4v) is 2.18. The van der Waals surface area contributed by atoms with Crippen LogP contribution in [0.5, 0.6) is 0 Å². The minimum atomic E-state index is -0.413. The summed E-state index contributed by atoms with van der Waals surface area (Å²) in [4.78, 5) is 20.0. The van der Waals surface area contributed by atoms with E-state index in [0.717, 1.165) is 10.0 Å². The lowest BCUT2D eigenvalue weighted by atomic mass is 10.3. The predicted octanol–water partition coefficient (Wildman–Crippen LogP) is 2.20. The van der Waals surface area contributed by atoms with Crippen LogP contribution < -0.4 is 5.76 Å². The van der Waals surface area contributed by atoms with Crippen molar-refractivity contribution in [1.29, 1.82) is 0 Å². The Balaban J connectivity index is 2.10. The summed E-state index contributed by atoms with van der Waals surface area (Å²) in [6.45, 7) is 0.384. The summed E-state index contributed by atoms with van der Waals surface area (Å²) < 4.78 is 7.47. The van der Waals surface area contributed by atoms with Crippen molar-refractivity contribution < 1.29 is 4.42 Å². The van der Waals surface area contributed by atoms with Crippen molar-refractivity contribution in [3.05, 3.63) is 57.4 Å². The number of fused-ring (bicyclic) bond motifs is 1. The number of oxazole rings is 1. The molecular formula is C12H8BrN3O2. The van der Waals surface area contributed by atoms with Gasteiger partial charge in [0.15, 0.2) is 11.2 Å². The average molecular weight is 306 g/mol. The monoisotopic (exact) mass is 305 g/mol. The van der Waals surface area contributed by atoms with E-state index in [-0.39, 0.29) is 0 Å². The van der Waals surface area contributed by atoms with Crippen LogP contribution in [0.1, 0.15) is 5.56 Å². The largest absolute Gasteiger partial charge is 0.421 e. The molecule has 3 aromatic rings. The fourth-order valence-electron chi connectivity index (χ4n) is 1.76. The molecule has 0 atom stereocenters. The molecule has 6 heteroatoms. The van der Waals surface area contributed by atoms with Gasteiger partial charge in [0.25, 0.3) is 0 Å². The van der Waals surface area contributed by atoms with Crippen LogP contribution >= 0.6 is 15.9 Å². The summed E-state index contributed by atoms with van der Waals surface area (Å²) in [7, 11) is 0. The number of halogens is 1. The van der Waals surface area contributed by atoms with Gasteiger partial charge in [0, 0.05) is 23.1 Å². The van der Waals surface area contributed by atoms with Gasteiger partial charge >= 0.3 is 5.76 Å². The number of hydrogen-bond donors (Lipinski definition) is 0. The Labute approximate surface area is 110 Å². The first-order valence-electron chi connectivity index (χ1n) is 5.28. The number of hydrogen-bond acceptors (Lipinski definition) is 4. The molecule has 0 spiro atoms. The minimum absolute atomic E-state index is 0.384. The van der Waals surface area contributed by atoms with E-state index >= 15 is 0 Å². The van der Waals surface area contributed by atoms with E-state index in [2.05, 4.69) is 25.9 Å². The molecule has 0 N–H and O–H groups in total. The summed E-state index contributed by atoms with van der Waals surface area (Å²) in [6, 6.07) is 5.36. The standard InChI is InChI=1S/C12H8BrN3O2/c13-9-4-8(5-14-6-9)7-16-11-10(18-12(16)17)2-1-3-15-11/h1-6H,7H2. The Morgan fingerprint density at radius 3 is 3.11 bits per heavy atom. The van der Waals surface area contributed by atoms with Gasteiger partial charge < -0.3 is 4.42 Å². The van der Waals surface area contributed by atoms with E-state index < -0.39 is 5.76 Å². The van der Waals surface area contributed by atoms with Gasteiger partial charge in [-0.3, -0.25) is 9.55 Å². The summed E-state index contributed by atoms with van der Waals surface area (Å²) in [5.41, 5.74) is 1.94. The van der Waals surface area contributed by atoms with Crippen molar-refractivity contribution in [3.63, 3.8) is 0 Å². The number of rotatable bonds is 2. The van der Waals surface area contributed by atoms with Crippen LogP contribution in [0.25, 0.3) is 11.2 Å². The molecule has 0 bridgehead atoms. The molecule has 0 saturated carbocycles. The Hall–Kier alpha value is -1.95. The highest BCUT2D eigenvalue weighted by Crippen LogP contribution is 2.13. The summed E-state index contributed by atoms with van der Waals surface area (Å²) in [5, 5.41) is 0. The van der Waals surface area contributed by atoms with Crippen LogP contribution in [-0.4, -0.2) is 14.5 Å². The second-order valence-electron chi connectivity index (χ2n) is 3.79. The van der Waals surface area contributed by atoms with E-state index in [1.807, 2.05) is 6.07 Å². The quantitative estimate of drug-likeness (QED) is 0.728. The van der Waals surface area contributed by atoms with E-state index in [1.54, 1.807) is 30.7 Å². The van der Waals surface area contributed by atoms with E-state index in [4.69, 9.17) is 4.42 Å². The van der Waals surface area contributed by atoms with Gasteiger partial charge in [-0.2, -0.15) is 0 Å². The molecule has 0 amide bonds. The third-order valence-electron chi connectivity index (χ3n) is 2.53. The molecule has 0 aliphatic rings. The van der Waals surface area contributed by atoms with Gasteiger partial charge in [0.2, 0.25) is 0 Å². The minimum Gasteiger partial charge on any atom is -0.406 e. The lowest BCUT2D eigenvalue weighted by Gasteiger charge is -2.01. The Bertz CT molecular complexity index is 763. The van der Waals surface area contributed by atoms with Gasteiger partial charge in [-0.05, 0) is 39.7 Å². The zero-order valence-corrected chi connectivity index (χ0v) is 10.8. The smallest absolute Gasteiger partial charge is 0.406 e. The number of aromatic nitrogens is 3. The topological polar surface area (TPSA) is 60.9 Å². The predicted molar refractivity (Wildman–Crippen MR) is 69.3 cm³/mol. The van der Waals surface area contributed by atoms with Crippen molar-refractivity contribution >= 4 is 27.2 Å². The zero-order valence-electron chi connectivity index (χ0n) is 9.21. The first kappa shape index (κ1) is 11.2. The van der Waals surface area contributed by atoms with Gasteiger partial charge in [0.1, 0.15) is 0 Å². The van der Waals surface area contributed by atoms with Crippen LogP contribution in [0, 0.1) is 0 Å². The van der Waals surface area contributed by atoms with Crippen LogP contribution in [0.15, 0.2) is 50.5 Å². The Morgan fingerprint density at radius 1 is 1.39 bits per heavy atom. The zero-order chi connectivity index (χ0) is 12.5. The average Bonchev–Trinajstić information content (AvgIpc) is 2.66. The van der Waals surface area contributed by atoms with Gasteiger partial charge in [0.05, 0.1) is 6.54 Å². The molecule has 0 aliphatic heterocycles. The van der Waals surface area contributed by atoms with Gasteiger partial charge in [-0.25, -0.2) is 9.78 Å². The maximum absolute atomic E-state index is 11.8. The highest BCUT2D eigenvalue weighted by molar-refractivity contribution is 9.10. The summed E-state index contributed by atoms with van der Waals surface area (Å²) in [5.74, 6) is -0.413. The third kappa shape index (κ3) is 1.95. The Kier molecular flexibility index (Phi) is 2.71. The van der Waals surface area contributed by atoms with Crippen LogP contribution in [0.2, 0.25) is 0 Å². The van der Waals surface area contributed by atoms with E-state index in [1.165, 1.54) is 4.57 Å². The molecule has 3 aromatic heterocycles. The molecule has 0 fully saturated rings. The number of pyridine rings is 2. The Morgan fingerprint density at radius 2 is 2.28 bits per heavy atom. The molecule has 5 nitrogen and oxygen atoms in total. The molecule has 0 unspecified atom stereocenters. The first-order chi connectivity index (χ1) is 8.74. The van der Waals surface area contributed by atoms with Crippen LogP contribution in [0.4, 0.5) is 0 Å². The molecule has 3 heterocycles. The molecular weight excluding hydrogens is 298 g/mol. The number of nitrogens with zero attached hydrogens (tertiary/aromatic N) is 3. The van der Waals surface area contributed by atoms with E-state index in [9.17, 15) is 4.79 Å². The normalized spacial score (nSPS) is 10.9. The highest BCUT2D eigenvalue weighted by Gasteiger charge is 2.10. The van der Waals surface area contributed by atoms with Crippen LogP contribution in [0.3, 0.4) is 0 Å². The molecule has 90 valence electrons. The van der Waals surface area contributed by atoms with Crippen molar-refractivity contribution in [3.8, 4) is 0 Å². The maximum atomic E-state index is 11.8. The molecule has 0 radical (unpaired) electrons. The van der Waals surface area contributed by atoms with Crippen molar-refractivity contribution in [2.24, 2.45) is 0 Å². The fraction of sp³-hybridized carbons (Fsp3) is 0.0833. The maximum Gasteiger partial charge on any atom is 0.421 e. The van der Waals surface area contributed by atoms with Crippen molar-refractivity contribution in [2.75, 3.05) is 0 Å². The van der Waals surface area contributed by atoms with E-state index in [0.29, 0.717) is 17.8 Å². The van der Waals surface area contributed by atoms with Gasteiger partial charge in [-0.1, -0.05) is 0 Å². The van der Waals surface area contributed by atoms with Gasteiger partial charge in [-0.15, -0.1) is 0 Å².